The highest BCUT2D eigenvalue weighted by Gasteiger charge is 2.26. The molecule has 0 unspecified atom stereocenters. The normalized spacial score (nSPS) is 17.6. The summed E-state index contributed by atoms with van der Waals surface area (Å²) in [4.78, 5) is 12.5. The number of ether oxygens (including phenoxy) is 1. The molecule has 1 aliphatic rings. The zero-order valence-electron chi connectivity index (χ0n) is 21.3. The highest BCUT2D eigenvalue weighted by molar-refractivity contribution is 5.91. The van der Waals surface area contributed by atoms with Crippen LogP contribution >= 0.6 is 0 Å². The summed E-state index contributed by atoms with van der Waals surface area (Å²) in [6, 6.07) is 11.7. The number of esters is 1. The van der Waals surface area contributed by atoms with E-state index in [0.717, 1.165) is 38.5 Å². The predicted octanol–water partition coefficient (Wildman–Crippen LogP) is 9.16. The number of rotatable bonds is 8. The van der Waals surface area contributed by atoms with Gasteiger partial charge in [-0.15, -0.1) is 0 Å². The second-order valence-corrected chi connectivity index (χ2v) is 9.87. The molecule has 0 bridgehead atoms. The summed E-state index contributed by atoms with van der Waals surface area (Å²) in [5, 5.41) is 0. The molecule has 196 valence electrons. The number of hydrogen-bond acceptors (Lipinski definition) is 2. The minimum atomic E-state index is -1.24. The van der Waals surface area contributed by atoms with Crippen molar-refractivity contribution in [3.8, 4) is 16.9 Å². The maximum absolute atomic E-state index is 15.0. The van der Waals surface area contributed by atoms with Crippen LogP contribution in [0.2, 0.25) is 0 Å². The largest absolute Gasteiger partial charge is 0.423 e. The molecule has 2 nitrogen and oxygen atoms in total. The van der Waals surface area contributed by atoms with Crippen LogP contribution in [0.25, 0.3) is 11.1 Å². The Hall–Kier alpha value is -3.15. The number of aryl methyl sites for hydroxylation is 1. The van der Waals surface area contributed by atoms with E-state index >= 15 is 8.78 Å². The standard InChI is InChI=1S/C31H32F4O2/c1-3-5-6-22-13-16-26(30(35)27(22)32)31(36)37-23-14-11-21(12-15-23)25-18-17-24(28(33)29(25)34)20-9-7-19(4-2)8-10-20/h11-20H,3-10H2,1-2H3. The predicted molar refractivity (Wildman–Crippen MR) is 137 cm³/mol. The van der Waals surface area contributed by atoms with E-state index in [0.29, 0.717) is 29.9 Å². The third-order valence-electron chi connectivity index (χ3n) is 7.53. The van der Waals surface area contributed by atoms with Gasteiger partial charge >= 0.3 is 5.97 Å². The van der Waals surface area contributed by atoms with Gasteiger partial charge in [0.25, 0.3) is 0 Å². The first kappa shape index (κ1) is 26.9. The zero-order chi connectivity index (χ0) is 26.5. The second-order valence-electron chi connectivity index (χ2n) is 9.87. The van der Waals surface area contributed by atoms with Crippen LogP contribution in [0.5, 0.6) is 5.75 Å². The highest BCUT2D eigenvalue weighted by Crippen LogP contribution is 2.39. The molecule has 0 aromatic heterocycles. The van der Waals surface area contributed by atoms with E-state index in [2.05, 4.69) is 6.92 Å². The number of halogens is 4. The first-order chi connectivity index (χ1) is 17.8. The molecule has 3 aromatic rings. The molecular formula is C31H32F4O2. The van der Waals surface area contributed by atoms with E-state index in [1.165, 1.54) is 36.4 Å². The smallest absolute Gasteiger partial charge is 0.346 e. The first-order valence-electron chi connectivity index (χ1n) is 13.1. The minimum Gasteiger partial charge on any atom is -0.423 e. The van der Waals surface area contributed by atoms with Crippen molar-refractivity contribution in [2.75, 3.05) is 0 Å². The van der Waals surface area contributed by atoms with Crippen LogP contribution in [0, 0.1) is 29.2 Å². The Balaban J connectivity index is 1.47. The molecule has 0 radical (unpaired) electrons. The van der Waals surface area contributed by atoms with Crippen LogP contribution < -0.4 is 4.74 Å². The molecular weight excluding hydrogens is 480 g/mol. The Bertz CT molecular complexity index is 1250. The molecule has 0 N–H and O–H groups in total. The topological polar surface area (TPSA) is 26.3 Å². The van der Waals surface area contributed by atoms with Crippen LogP contribution in [0.4, 0.5) is 17.6 Å². The third kappa shape index (κ3) is 5.89. The molecule has 4 rings (SSSR count). The van der Waals surface area contributed by atoms with Gasteiger partial charge in [-0.25, -0.2) is 22.4 Å². The highest BCUT2D eigenvalue weighted by atomic mass is 19.2. The summed E-state index contributed by atoms with van der Waals surface area (Å²) >= 11 is 0. The fourth-order valence-electron chi connectivity index (χ4n) is 5.16. The van der Waals surface area contributed by atoms with Crippen molar-refractivity contribution in [2.24, 2.45) is 5.92 Å². The summed E-state index contributed by atoms with van der Waals surface area (Å²) in [7, 11) is 0. The summed E-state index contributed by atoms with van der Waals surface area (Å²) in [5.74, 6) is -4.27. The molecule has 0 atom stereocenters. The molecule has 0 saturated heterocycles. The fraction of sp³-hybridized carbons (Fsp3) is 0.387. The molecule has 0 amide bonds. The van der Waals surface area contributed by atoms with E-state index in [9.17, 15) is 13.6 Å². The Morgan fingerprint density at radius 1 is 0.811 bits per heavy atom. The molecule has 0 aliphatic heterocycles. The van der Waals surface area contributed by atoms with Gasteiger partial charge in [0, 0.05) is 5.56 Å². The van der Waals surface area contributed by atoms with Crippen molar-refractivity contribution in [3.05, 3.63) is 88.5 Å². The van der Waals surface area contributed by atoms with Crippen molar-refractivity contribution in [1.29, 1.82) is 0 Å². The molecule has 1 fully saturated rings. The minimum absolute atomic E-state index is 0.0269. The van der Waals surface area contributed by atoms with Crippen LogP contribution in [-0.2, 0) is 6.42 Å². The fourth-order valence-corrected chi connectivity index (χ4v) is 5.16. The van der Waals surface area contributed by atoms with E-state index in [4.69, 9.17) is 4.74 Å². The van der Waals surface area contributed by atoms with Gasteiger partial charge in [-0.2, -0.15) is 0 Å². The van der Waals surface area contributed by atoms with E-state index in [1.54, 1.807) is 12.1 Å². The Morgan fingerprint density at radius 3 is 2.16 bits per heavy atom. The molecule has 1 aliphatic carbocycles. The van der Waals surface area contributed by atoms with Crippen LogP contribution in [0.1, 0.15) is 86.2 Å². The second kappa shape index (κ2) is 11.9. The molecule has 3 aromatic carbocycles. The monoisotopic (exact) mass is 512 g/mol. The molecule has 0 heterocycles. The van der Waals surface area contributed by atoms with Gasteiger partial charge in [0.2, 0.25) is 0 Å². The quantitative estimate of drug-likeness (QED) is 0.171. The number of carbonyl (C=O) groups is 1. The van der Waals surface area contributed by atoms with Crippen molar-refractivity contribution in [2.45, 2.75) is 71.1 Å². The number of hydrogen-bond donors (Lipinski definition) is 0. The summed E-state index contributed by atoms with van der Waals surface area (Å²) in [6.45, 7) is 4.11. The summed E-state index contributed by atoms with van der Waals surface area (Å²) in [6.07, 6.45) is 6.83. The van der Waals surface area contributed by atoms with Gasteiger partial charge in [-0.1, -0.05) is 57.0 Å². The molecule has 1 saturated carbocycles. The van der Waals surface area contributed by atoms with E-state index in [-0.39, 0.29) is 22.8 Å². The lowest BCUT2D eigenvalue weighted by Crippen LogP contribution is -2.14. The number of benzene rings is 3. The van der Waals surface area contributed by atoms with Crippen LogP contribution in [0.15, 0.2) is 48.5 Å². The number of carbonyl (C=O) groups excluding carboxylic acids is 1. The van der Waals surface area contributed by atoms with Crippen molar-refractivity contribution in [1.82, 2.24) is 0 Å². The Labute approximate surface area is 215 Å². The first-order valence-corrected chi connectivity index (χ1v) is 13.1. The van der Waals surface area contributed by atoms with Gasteiger partial charge in [0.05, 0.1) is 5.56 Å². The SMILES string of the molecule is CCCCc1ccc(C(=O)Oc2ccc(-c3ccc(C4CCC(CC)CC4)c(F)c3F)cc2)c(F)c1F. The summed E-state index contributed by atoms with van der Waals surface area (Å²) < 4.78 is 64.0. The van der Waals surface area contributed by atoms with Gasteiger partial charge in [0.1, 0.15) is 5.75 Å². The Morgan fingerprint density at radius 2 is 1.51 bits per heavy atom. The molecule has 6 heteroatoms. The van der Waals surface area contributed by atoms with Gasteiger partial charge in [-0.3, -0.25) is 0 Å². The van der Waals surface area contributed by atoms with Gasteiger partial charge < -0.3 is 4.74 Å². The molecule has 0 spiro atoms. The van der Waals surface area contributed by atoms with E-state index < -0.39 is 34.8 Å². The summed E-state index contributed by atoms with van der Waals surface area (Å²) in [5.41, 5.74) is 0.663. The van der Waals surface area contributed by atoms with E-state index in [1.807, 2.05) is 6.92 Å². The maximum atomic E-state index is 15.0. The van der Waals surface area contributed by atoms with Gasteiger partial charge in [0.15, 0.2) is 23.3 Å². The maximum Gasteiger partial charge on any atom is 0.346 e. The molecule has 37 heavy (non-hydrogen) atoms. The van der Waals surface area contributed by atoms with Crippen LogP contribution in [-0.4, -0.2) is 5.97 Å². The van der Waals surface area contributed by atoms with Crippen molar-refractivity contribution < 1.29 is 27.1 Å². The lowest BCUT2D eigenvalue weighted by atomic mass is 9.77. The van der Waals surface area contributed by atoms with Crippen molar-refractivity contribution in [3.63, 3.8) is 0 Å². The lowest BCUT2D eigenvalue weighted by Gasteiger charge is -2.28. The van der Waals surface area contributed by atoms with Crippen molar-refractivity contribution >= 4 is 5.97 Å². The van der Waals surface area contributed by atoms with Crippen LogP contribution in [0.3, 0.4) is 0 Å². The average Bonchev–Trinajstić information content (AvgIpc) is 2.91. The average molecular weight is 513 g/mol. The van der Waals surface area contributed by atoms with Gasteiger partial charge in [-0.05, 0) is 85.3 Å². The number of unbranched alkanes of at least 4 members (excludes halogenated alkanes) is 1. The lowest BCUT2D eigenvalue weighted by molar-refractivity contribution is 0.0728. The third-order valence-corrected chi connectivity index (χ3v) is 7.53. The Kier molecular flexibility index (Phi) is 8.67. The zero-order valence-corrected chi connectivity index (χ0v) is 21.3.